The second-order valence-corrected chi connectivity index (χ2v) is 4.02. The molecule has 82 valence electrons. The summed E-state index contributed by atoms with van der Waals surface area (Å²) in [6.07, 6.45) is -4.52. The average molecular weight is 281 g/mol. The molecule has 1 aromatic carbocycles. The molecule has 0 amide bonds. The van der Waals surface area contributed by atoms with Crippen molar-refractivity contribution in [3.63, 3.8) is 0 Å². The number of ketones is 1. The summed E-state index contributed by atoms with van der Waals surface area (Å²) >= 11 is 2.81. The van der Waals surface area contributed by atoms with Gasteiger partial charge in [0.2, 0.25) is 0 Å². The van der Waals surface area contributed by atoms with Gasteiger partial charge in [0.15, 0.2) is 5.78 Å². The zero-order valence-electron chi connectivity index (χ0n) is 8.07. The first kappa shape index (κ1) is 12.2. The van der Waals surface area contributed by atoms with Gasteiger partial charge in [0, 0.05) is 10.0 Å². The molecule has 0 aliphatic rings. The van der Waals surface area contributed by atoms with E-state index < -0.39 is 17.5 Å². The predicted molar refractivity (Wildman–Crippen MR) is 53.9 cm³/mol. The monoisotopic (exact) mass is 280 g/mol. The third-order valence-electron chi connectivity index (χ3n) is 2.00. The highest BCUT2D eigenvalue weighted by Gasteiger charge is 2.37. The van der Waals surface area contributed by atoms with Crippen LogP contribution in [0.1, 0.15) is 28.4 Å². The van der Waals surface area contributed by atoms with Gasteiger partial charge in [-0.2, -0.15) is 13.2 Å². The molecule has 0 N–H and O–H groups in total. The molecule has 0 spiro atoms. The Morgan fingerprint density at radius 3 is 2.20 bits per heavy atom. The molecule has 5 heteroatoms. The van der Waals surface area contributed by atoms with E-state index in [1.165, 1.54) is 19.1 Å². The molecule has 0 aliphatic carbocycles. The van der Waals surface area contributed by atoms with Crippen LogP contribution in [0.3, 0.4) is 0 Å². The minimum Gasteiger partial charge on any atom is -0.294 e. The Kier molecular flexibility index (Phi) is 3.23. The Morgan fingerprint density at radius 2 is 1.87 bits per heavy atom. The highest BCUT2D eigenvalue weighted by atomic mass is 79.9. The van der Waals surface area contributed by atoms with Crippen LogP contribution in [0.5, 0.6) is 0 Å². The van der Waals surface area contributed by atoms with E-state index in [2.05, 4.69) is 15.9 Å². The summed E-state index contributed by atoms with van der Waals surface area (Å²) in [6.45, 7) is 2.61. The number of Topliss-reactive ketones (excluding diaryl/α,β-unsaturated/α-hetero) is 1. The molecule has 1 nitrogen and oxygen atoms in total. The molecular weight excluding hydrogens is 273 g/mol. The maximum atomic E-state index is 12.7. The molecular formula is C10H8BrF3O. The first-order valence-electron chi connectivity index (χ1n) is 4.12. The van der Waals surface area contributed by atoms with Gasteiger partial charge >= 0.3 is 6.18 Å². The zero-order valence-corrected chi connectivity index (χ0v) is 9.66. The minimum absolute atomic E-state index is 0.106. The predicted octanol–water partition coefficient (Wildman–Crippen LogP) is 3.98. The number of carbonyl (C=O) groups excluding carboxylic acids is 1. The summed E-state index contributed by atoms with van der Waals surface area (Å²) in [7, 11) is 0. The second kappa shape index (κ2) is 3.96. The Bertz CT molecular complexity index is 410. The van der Waals surface area contributed by atoms with Crippen LogP contribution >= 0.6 is 15.9 Å². The van der Waals surface area contributed by atoms with Crippen LogP contribution < -0.4 is 0 Å². The van der Waals surface area contributed by atoms with Crippen molar-refractivity contribution >= 4 is 21.7 Å². The number of halogens is 4. The lowest BCUT2D eigenvalue weighted by atomic mass is 9.98. The van der Waals surface area contributed by atoms with Crippen molar-refractivity contribution in [3.8, 4) is 0 Å². The number of hydrogen-bond acceptors (Lipinski definition) is 1. The number of rotatable bonds is 1. The summed E-state index contributed by atoms with van der Waals surface area (Å²) in [5.41, 5.74) is -0.829. The Labute approximate surface area is 93.4 Å². The zero-order chi connectivity index (χ0) is 11.8. The third kappa shape index (κ3) is 2.40. The fraction of sp³-hybridized carbons (Fsp3) is 0.300. The molecule has 0 radical (unpaired) electrons. The quantitative estimate of drug-likeness (QED) is 0.711. The van der Waals surface area contributed by atoms with Crippen LogP contribution in [-0.4, -0.2) is 5.78 Å². The van der Waals surface area contributed by atoms with E-state index in [4.69, 9.17) is 0 Å². The number of aryl methyl sites for hydroxylation is 1. The SMILES string of the molecule is CC(=O)c1c(C)ccc(Br)c1C(F)(F)F. The summed E-state index contributed by atoms with van der Waals surface area (Å²) in [5.74, 6) is -0.582. The minimum atomic E-state index is -4.52. The molecule has 0 fully saturated rings. The molecule has 1 aromatic rings. The summed E-state index contributed by atoms with van der Waals surface area (Å²) in [5, 5.41) is 0. The van der Waals surface area contributed by atoms with E-state index >= 15 is 0 Å². The van der Waals surface area contributed by atoms with Crippen LogP contribution in [0, 0.1) is 6.92 Å². The molecule has 0 saturated heterocycles. The summed E-state index contributed by atoms with van der Waals surface area (Å²) in [4.78, 5) is 11.2. The molecule has 0 unspecified atom stereocenters. The van der Waals surface area contributed by atoms with Gasteiger partial charge in [-0.05, 0) is 25.5 Å². The fourth-order valence-corrected chi connectivity index (χ4v) is 1.97. The second-order valence-electron chi connectivity index (χ2n) is 3.17. The van der Waals surface area contributed by atoms with Crippen LogP contribution in [0.2, 0.25) is 0 Å². The van der Waals surface area contributed by atoms with E-state index in [-0.39, 0.29) is 10.0 Å². The number of benzene rings is 1. The van der Waals surface area contributed by atoms with E-state index in [1.54, 1.807) is 0 Å². The number of hydrogen-bond donors (Lipinski definition) is 0. The highest BCUT2D eigenvalue weighted by molar-refractivity contribution is 9.10. The lowest BCUT2D eigenvalue weighted by Crippen LogP contribution is -2.14. The fourth-order valence-electron chi connectivity index (χ4n) is 1.41. The highest BCUT2D eigenvalue weighted by Crippen LogP contribution is 2.38. The van der Waals surface area contributed by atoms with Crippen LogP contribution in [0.25, 0.3) is 0 Å². The van der Waals surface area contributed by atoms with Gasteiger partial charge in [-0.1, -0.05) is 22.0 Å². The van der Waals surface area contributed by atoms with Crippen molar-refractivity contribution in [1.29, 1.82) is 0 Å². The van der Waals surface area contributed by atoms with E-state index in [0.29, 0.717) is 5.56 Å². The lowest BCUT2D eigenvalue weighted by Gasteiger charge is -2.14. The Balaban J connectivity index is 3.60. The molecule has 1 rings (SSSR count). The van der Waals surface area contributed by atoms with Gasteiger partial charge in [-0.25, -0.2) is 0 Å². The average Bonchev–Trinajstić information content (AvgIpc) is 2.05. The van der Waals surface area contributed by atoms with Gasteiger partial charge in [0.05, 0.1) is 5.56 Å². The van der Waals surface area contributed by atoms with Gasteiger partial charge < -0.3 is 0 Å². The molecule has 0 heterocycles. The summed E-state index contributed by atoms with van der Waals surface area (Å²) < 4.78 is 37.9. The van der Waals surface area contributed by atoms with Gasteiger partial charge in [0.1, 0.15) is 0 Å². The number of carbonyl (C=O) groups is 1. The largest absolute Gasteiger partial charge is 0.418 e. The van der Waals surface area contributed by atoms with Crippen molar-refractivity contribution in [2.24, 2.45) is 0 Å². The van der Waals surface area contributed by atoms with Crippen molar-refractivity contribution in [3.05, 3.63) is 33.3 Å². The summed E-state index contributed by atoms with van der Waals surface area (Å²) in [6, 6.07) is 2.78. The van der Waals surface area contributed by atoms with Gasteiger partial charge in [0.25, 0.3) is 0 Å². The van der Waals surface area contributed by atoms with Crippen LogP contribution in [-0.2, 0) is 6.18 Å². The maximum absolute atomic E-state index is 12.7. The molecule has 15 heavy (non-hydrogen) atoms. The molecule has 0 saturated carbocycles. The first-order chi connectivity index (χ1) is 6.75. The molecule has 0 atom stereocenters. The normalized spacial score (nSPS) is 11.6. The van der Waals surface area contributed by atoms with Crippen molar-refractivity contribution in [1.82, 2.24) is 0 Å². The Hall–Kier alpha value is -0.840. The first-order valence-corrected chi connectivity index (χ1v) is 4.91. The maximum Gasteiger partial charge on any atom is 0.418 e. The van der Waals surface area contributed by atoms with Crippen LogP contribution in [0.4, 0.5) is 13.2 Å². The smallest absolute Gasteiger partial charge is 0.294 e. The van der Waals surface area contributed by atoms with E-state index in [9.17, 15) is 18.0 Å². The van der Waals surface area contributed by atoms with Crippen molar-refractivity contribution in [2.45, 2.75) is 20.0 Å². The van der Waals surface area contributed by atoms with Crippen molar-refractivity contribution < 1.29 is 18.0 Å². The van der Waals surface area contributed by atoms with Crippen LogP contribution in [0.15, 0.2) is 16.6 Å². The van der Waals surface area contributed by atoms with Gasteiger partial charge in [-0.3, -0.25) is 4.79 Å². The standard InChI is InChI=1S/C10H8BrF3O/c1-5-3-4-7(11)9(10(12,13)14)8(5)6(2)15/h3-4H,1-2H3. The third-order valence-corrected chi connectivity index (χ3v) is 2.66. The van der Waals surface area contributed by atoms with E-state index in [0.717, 1.165) is 6.92 Å². The van der Waals surface area contributed by atoms with E-state index in [1.807, 2.05) is 0 Å². The topological polar surface area (TPSA) is 17.1 Å². The number of alkyl halides is 3. The molecule has 0 bridgehead atoms. The lowest BCUT2D eigenvalue weighted by molar-refractivity contribution is -0.138. The van der Waals surface area contributed by atoms with Gasteiger partial charge in [-0.15, -0.1) is 0 Å². The van der Waals surface area contributed by atoms with Crippen molar-refractivity contribution in [2.75, 3.05) is 0 Å². The molecule has 0 aromatic heterocycles. The Morgan fingerprint density at radius 1 is 1.33 bits per heavy atom. The molecule has 0 aliphatic heterocycles.